The van der Waals surface area contributed by atoms with Crippen molar-refractivity contribution < 1.29 is 17.6 Å². The van der Waals surface area contributed by atoms with Crippen molar-refractivity contribution in [3.05, 3.63) is 40.3 Å². The smallest absolute Gasteiger partial charge is 0.449 e. The van der Waals surface area contributed by atoms with E-state index in [1.165, 1.54) is 6.92 Å². The van der Waals surface area contributed by atoms with Gasteiger partial charge in [0.15, 0.2) is 5.70 Å². The molecule has 2 heterocycles. The van der Waals surface area contributed by atoms with Gasteiger partial charge >= 0.3 is 6.18 Å². The first-order chi connectivity index (χ1) is 10.2. The molecule has 0 amide bonds. The predicted molar refractivity (Wildman–Crippen MR) is 73.3 cm³/mol. The molecule has 2 rings (SSSR count). The molecule has 1 aromatic heterocycles. The Morgan fingerprint density at radius 2 is 2.05 bits per heavy atom. The summed E-state index contributed by atoms with van der Waals surface area (Å²) in [4.78, 5) is 7.58. The molecule has 7 heteroatoms. The molecule has 0 fully saturated rings. The van der Waals surface area contributed by atoms with Gasteiger partial charge in [-0.2, -0.15) is 18.4 Å². The lowest BCUT2D eigenvalue weighted by Gasteiger charge is -2.23. The number of aryl methyl sites for hydroxylation is 1. The normalized spacial score (nSPS) is 22.1. The number of alkyl halides is 3. The summed E-state index contributed by atoms with van der Waals surface area (Å²) in [5, 5.41) is 9.14. The third-order valence-electron chi connectivity index (χ3n) is 3.62. The molecule has 0 radical (unpaired) electrons. The maximum Gasteiger partial charge on any atom is 0.449 e. The Kier molecular flexibility index (Phi) is 3.85. The molecule has 22 heavy (non-hydrogen) atoms. The fourth-order valence-electron chi connectivity index (χ4n) is 2.45. The summed E-state index contributed by atoms with van der Waals surface area (Å²) in [6.45, 7) is 12.0. The lowest BCUT2D eigenvalue weighted by Crippen LogP contribution is -2.23. The van der Waals surface area contributed by atoms with Crippen LogP contribution in [0, 0.1) is 36.7 Å². The Balaban J connectivity index is 2.64. The van der Waals surface area contributed by atoms with Gasteiger partial charge in [-0.1, -0.05) is 6.92 Å². The Morgan fingerprint density at radius 1 is 1.41 bits per heavy atom. The minimum Gasteiger partial charge on any atom is -0.456 e. The molecule has 0 saturated carbocycles. The molecule has 0 spiro atoms. The average molecular weight is 307 g/mol. The minimum atomic E-state index is -4.60. The average Bonchev–Trinajstić information content (AvgIpc) is 2.80. The van der Waals surface area contributed by atoms with Crippen LogP contribution in [0.4, 0.5) is 13.2 Å². The molecule has 1 unspecified atom stereocenters. The molecule has 1 aliphatic rings. The van der Waals surface area contributed by atoms with Crippen molar-refractivity contribution in [1.29, 1.82) is 5.26 Å². The third-order valence-corrected chi connectivity index (χ3v) is 3.62. The minimum absolute atomic E-state index is 0.0441. The van der Waals surface area contributed by atoms with Gasteiger partial charge in [-0.3, -0.25) is 4.99 Å². The number of hydrogen-bond donors (Lipinski definition) is 0. The zero-order valence-electron chi connectivity index (χ0n) is 12.1. The van der Waals surface area contributed by atoms with Crippen LogP contribution in [0.1, 0.15) is 30.9 Å². The van der Waals surface area contributed by atoms with Gasteiger partial charge in [-0.25, -0.2) is 4.85 Å². The number of hydrogen-bond acceptors (Lipinski definition) is 3. The first kappa shape index (κ1) is 15.8. The van der Waals surface area contributed by atoms with Crippen LogP contribution in [0.25, 0.3) is 10.5 Å². The Labute approximate surface area is 125 Å². The summed E-state index contributed by atoms with van der Waals surface area (Å²) < 4.78 is 43.0. The number of furan rings is 1. The van der Waals surface area contributed by atoms with Crippen molar-refractivity contribution in [2.45, 2.75) is 26.9 Å². The highest BCUT2D eigenvalue weighted by atomic mass is 19.4. The summed E-state index contributed by atoms with van der Waals surface area (Å²) in [6, 6.07) is 2.93. The van der Waals surface area contributed by atoms with E-state index in [9.17, 15) is 13.2 Å². The fourth-order valence-corrected chi connectivity index (χ4v) is 2.45. The second-order valence-electron chi connectivity index (χ2n) is 5.07. The zero-order chi connectivity index (χ0) is 16.7. The summed E-state index contributed by atoms with van der Waals surface area (Å²) in [5.74, 6) is -2.07. The third kappa shape index (κ3) is 2.50. The monoisotopic (exact) mass is 307 g/mol. The Hall–Kier alpha value is -2.54. The second-order valence-corrected chi connectivity index (χ2v) is 5.07. The molecule has 114 valence electrons. The molecule has 0 N–H and O–H groups in total. The predicted octanol–water partition coefficient (Wildman–Crippen LogP) is 4.45. The first-order valence-electron chi connectivity index (χ1n) is 6.45. The van der Waals surface area contributed by atoms with Crippen molar-refractivity contribution in [3.8, 4) is 6.07 Å². The quantitative estimate of drug-likeness (QED) is 0.720. The van der Waals surface area contributed by atoms with Gasteiger partial charge in [0.25, 0.3) is 0 Å². The summed E-state index contributed by atoms with van der Waals surface area (Å²) in [7, 11) is 0. The van der Waals surface area contributed by atoms with Crippen molar-refractivity contribution >= 4 is 11.4 Å². The van der Waals surface area contributed by atoms with Crippen molar-refractivity contribution in [3.63, 3.8) is 0 Å². The van der Waals surface area contributed by atoms with Crippen LogP contribution < -0.4 is 0 Å². The van der Waals surface area contributed by atoms with Crippen molar-refractivity contribution in [1.82, 2.24) is 0 Å². The van der Waals surface area contributed by atoms with Crippen LogP contribution in [-0.4, -0.2) is 5.71 Å². The van der Waals surface area contributed by atoms with Gasteiger partial charge in [0.05, 0.1) is 24.3 Å². The van der Waals surface area contributed by atoms with Gasteiger partial charge < -0.3 is 4.42 Å². The van der Waals surface area contributed by atoms with Crippen molar-refractivity contribution in [2.24, 2.45) is 16.8 Å². The molecule has 0 aromatic carbocycles. The Morgan fingerprint density at radius 3 is 2.50 bits per heavy atom. The maximum atomic E-state index is 12.7. The largest absolute Gasteiger partial charge is 0.456 e. The molecule has 0 bridgehead atoms. The van der Waals surface area contributed by atoms with E-state index in [1.807, 2.05) is 0 Å². The molecule has 4 nitrogen and oxygen atoms in total. The van der Waals surface area contributed by atoms with E-state index in [1.54, 1.807) is 13.8 Å². The summed E-state index contributed by atoms with van der Waals surface area (Å²) in [6.07, 6.45) is -4.60. The van der Waals surface area contributed by atoms with Crippen LogP contribution >= 0.6 is 0 Å². The van der Waals surface area contributed by atoms with E-state index in [2.05, 4.69) is 15.9 Å². The van der Waals surface area contributed by atoms with Crippen LogP contribution in [0.5, 0.6) is 0 Å². The van der Waals surface area contributed by atoms with Crippen LogP contribution in [0.15, 0.2) is 21.2 Å². The van der Waals surface area contributed by atoms with E-state index < -0.39 is 23.8 Å². The number of rotatable bonds is 1. The summed E-state index contributed by atoms with van der Waals surface area (Å²) in [5.41, 5.74) is 0.950. The van der Waals surface area contributed by atoms with E-state index >= 15 is 0 Å². The lowest BCUT2D eigenvalue weighted by atomic mass is 9.84. The SMILES string of the molecule is [C-]#[N+]C1=C(c2cc(C(F)(F)F)oc2C)N=C(C)C(C#N)[C@H]1C. The lowest BCUT2D eigenvalue weighted by molar-refractivity contribution is -0.153. The maximum absolute atomic E-state index is 12.7. The highest BCUT2D eigenvalue weighted by Crippen LogP contribution is 2.40. The number of nitriles is 1. The summed E-state index contributed by atoms with van der Waals surface area (Å²) >= 11 is 0. The van der Waals surface area contributed by atoms with Crippen LogP contribution in [0.2, 0.25) is 0 Å². The van der Waals surface area contributed by atoms with Gasteiger partial charge in [0, 0.05) is 17.2 Å². The fraction of sp³-hybridized carbons (Fsp3) is 0.400. The molecule has 1 aliphatic heterocycles. The highest BCUT2D eigenvalue weighted by Gasteiger charge is 2.38. The highest BCUT2D eigenvalue weighted by molar-refractivity contribution is 5.95. The molecular weight excluding hydrogens is 295 g/mol. The second kappa shape index (κ2) is 5.34. The van der Waals surface area contributed by atoms with Crippen LogP contribution in [-0.2, 0) is 6.18 Å². The van der Waals surface area contributed by atoms with E-state index in [4.69, 9.17) is 16.3 Å². The van der Waals surface area contributed by atoms with Gasteiger partial charge in [0.2, 0.25) is 5.76 Å². The molecule has 0 saturated heterocycles. The van der Waals surface area contributed by atoms with Gasteiger partial charge in [-0.15, -0.1) is 0 Å². The number of allylic oxidation sites excluding steroid dienone is 1. The molecule has 1 aromatic rings. The van der Waals surface area contributed by atoms with E-state index in [0.29, 0.717) is 5.71 Å². The van der Waals surface area contributed by atoms with Gasteiger partial charge in [0.1, 0.15) is 5.76 Å². The van der Waals surface area contributed by atoms with E-state index in [0.717, 1.165) is 6.07 Å². The topological polar surface area (TPSA) is 53.6 Å². The zero-order valence-corrected chi connectivity index (χ0v) is 12.1. The number of halogens is 3. The van der Waals surface area contributed by atoms with Crippen molar-refractivity contribution in [2.75, 3.05) is 0 Å². The number of nitrogens with zero attached hydrogens (tertiary/aromatic N) is 3. The molecular formula is C15H12F3N3O. The standard InChI is InChI=1S/C15H12F3N3O/c1-7-11(6-19)8(2)21-14(13(7)20-4)10-5-12(15(16,17)18)22-9(10)3/h5,7,11H,1-3H3/t7-,11?/m1/s1. The van der Waals surface area contributed by atoms with Crippen LogP contribution in [0.3, 0.4) is 0 Å². The van der Waals surface area contributed by atoms with Gasteiger partial charge in [-0.05, 0) is 19.9 Å². The Bertz CT molecular complexity index is 756. The molecule has 2 atom stereocenters. The van der Waals surface area contributed by atoms with E-state index in [-0.39, 0.29) is 22.7 Å². The number of aliphatic imine (C=N–C) groups is 1. The first-order valence-corrected chi connectivity index (χ1v) is 6.45. The molecule has 0 aliphatic carbocycles.